The van der Waals surface area contributed by atoms with E-state index in [0.29, 0.717) is 13.2 Å². The molecular weight excluding hydrogens is 206 g/mol. The van der Waals surface area contributed by atoms with Gasteiger partial charge in [-0.15, -0.1) is 0 Å². The first-order chi connectivity index (χ1) is 7.41. The van der Waals surface area contributed by atoms with Gasteiger partial charge in [0.15, 0.2) is 0 Å². The summed E-state index contributed by atoms with van der Waals surface area (Å²) in [6.07, 6.45) is 1.52. The summed E-state index contributed by atoms with van der Waals surface area (Å²) in [5.41, 5.74) is 0.00436. The number of aliphatic hydroxyl groups is 1. The fourth-order valence-electron chi connectivity index (χ4n) is 1.59. The Morgan fingerprint density at radius 3 is 2.56 bits per heavy atom. The topological polar surface area (TPSA) is 58.6 Å². The van der Waals surface area contributed by atoms with Crippen LogP contribution < -0.4 is 5.32 Å². The van der Waals surface area contributed by atoms with Crippen LogP contribution in [0.1, 0.15) is 47.0 Å². The van der Waals surface area contributed by atoms with Gasteiger partial charge in [0.1, 0.15) is 0 Å². The van der Waals surface area contributed by atoms with Crippen LogP contribution in [-0.4, -0.2) is 35.9 Å². The van der Waals surface area contributed by atoms with Crippen molar-refractivity contribution >= 4 is 5.97 Å². The number of hydrogen-bond acceptors (Lipinski definition) is 4. The molecule has 4 heteroatoms. The summed E-state index contributed by atoms with van der Waals surface area (Å²) in [5, 5.41) is 12.9. The molecule has 1 atom stereocenters. The summed E-state index contributed by atoms with van der Waals surface area (Å²) in [6, 6.07) is 0. The van der Waals surface area contributed by atoms with Gasteiger partial charge in [0.25, 0.3) is 0 Å². The summed E-state index contributed by atoms with van der Waals surface area (Å²) in [7, 11) is 0. The van der Waals surface area contributed by atoms with Crippen LogP contribution in [-0.2, 0) is 9.53 Å². The zero-order chi connectivity index (χ0) is 12.6. The van der Waals surface area contributed by atoms with Crippen LogP contribution in [0.25, 0.3) is 0 Å². The van der Waals surface area contributed by atoms with Crippen LogP contribution >= 0.6 is 0 Å². The van der Waals surface area contributed by atoms with Gasteiger partial charge in [-0.2, -0.15) is 0 Å². The van der Waals surface area contributed by atoms with Crippen molar-refractivity contribution in [1.29, 1.82) is 0 Å². The van der Waals surface area contributed by atoms with Gasteiger partial charge in [0.05, 0.1) is 19.1 Å². The maximum atomic E-state index is 11.1. The fraction of sp³-hybridized carbons (Fsp3) is 0.917. The minimum absolute atomic E-state index is 0.00436. The highest BCUT2D eigenvalue weighted by molar-refractivity contribution is 5.69. The maximum absolute atomic E-state index is 11.1. The molecule has 2 N–H and O–H groups in total. The molecule has 0 bridgehead atoms. The molecule has 0 aromatic carbocycles. The van der Waals surface area contributed by atoms with Crippen molar-refractivity contribution in [1.82, 2.24) is 5.32 Å². The van der Waals surface area contributed by atoms with Crippen LogP contribution in [0, 0.1) is 0 Å². The molecule has 0 heterocycles. The minimum Gasteiger partial charge on any atom is -0.466 e. The molecule has 0 aliphatic carbocycles. The average Bonchev–Trinajstić information content (AvgIpc) is 2.15. The van der Waals surface area contributed by atoms with Crippen LogP contribution in [0.3, 0.4) is 0 Å². The Kier molecular flexibility index (Phi) is 7.34. The van der Waals surface area contributed by atoms with E-state index in [1.54, 1.807) is 6.92 Å². The molecule has 0 saturated heterocycles. The first-order valence-electron chi connectivity index (χ1n) is 6.00. The third-order valence-corrected chi connectivity index (χ3v) is 2.40. The number of esters is 1. The molecule has 0 amide bonds. The van der Waals surface area contributed by atoms with Crippen molar-refractivity contribution in [2.45, 2.75) is 58.6 Å². The van der Waals surface area contributed by atoms with Gasteiger partial charge in [-0.3, -0.25) is 4.79 Å². The molecular formula is C12H25NO3. The van der Waals surface area contributed by atoms with Crippen molar-refractivity contribution in [3.05, 3.63) is 0 Å². The van der Waals surface area contributed by atoms with Gasteiger partial charge in [-0.25, -0.2) is 0 Å². The lowest BCUT2D eigenvalue weighted by molar-refractivity contribution is -0.145. The molecule has 0 aliphatic rings. The standard InChI is InChI=1S/C12H25NO3/c1-5-7-12(3,4)13-9-10(14)8-11(15)16-6-2/h10,13-14H,5-9H2,1-4H3. The van der Waals surface area contributed by atoms with Crippen molar-refractivity contribution in [2.75, 3.05) is 13.2 Å². The summed E-state index contributed by atoms with van der Waals surface area (Å²) in [6.45, 7) is 8.85. The van der Waals surface area contributed by atoms with Crippen LogP contribution in [0.5, 0.6) is 0 Å². The molecule has 0 aliphatic heterocycles. The second kappa shape index (κ2) is 7.63. The van der Waals surface area contributed by atoms with Crippen LogP contribution in [0.4, 0.5) is 0 Å². The number of ether oxygens (including phenoxy) is 1. The Balaban J connectivity index is 3.79. The second-order valence-corrected chi connectivity index (χ2v) is 4.68. The second-order valence-electron chi connectivity index (χ2n) is 4.68. The Hall–Kier alpha value is -0.610. The number of hydrogen-bond donors (Lipinski definition) is 2. The molecule has 0 rings (SSSR count). The summed E-state index contributed by atoms with van der Waals surface area (Å²) in [4.78, 5) is 11.1. The number of nitrogens with one attached hydrogen (secondary N) is 1. The smallest absolute Gasteiger partial charge is 0.308 e. The highest BCUT2D eigenvalue weighted by Crippen LogP contribution is 2.10. The van der Waals surface area contributed by atoms with E-state index in [1.165, 1.54) is 0 Å². The Morgan fingerprint density at radius 1 is 1.44 bits per heavy atom. The predicted molar refractivity (Wildman–Crippen MR) is 64.2 cm³/mol. The number of carbonyl (C=O) groups excluding carboxylic acids is 1. The van der Waals surface area contributed by atoms with Gasteiger partial charge < -0.3 is 15.2 Å². The molecule has 1 unspecified atom stereocenters. The first-order valence-corrected chi connectivity index (χ1v) is 6.00. The lowest BCUT2D eigenvalue weighted by atomic mass is 9.98. The molecule has 0 fully saturated rings. The minimum atomic E-state index is -0.671. The van der Waals surface area contributed by atoms with E-state index in [-0.39, 0.29) is 17.9 Å². The van der Waals surface area contributed by atoms with Gasteiger partial charge in [0, 0.05) is 12.1 Å². The Morgan fingerprint density at radius 2 is 2.06 bits per heavy atom. The lowest BCUT2D eigenvalue weighted by Crippen LogP contribution is -2.43. The van der Waals surface area contributed by atoms with Gasteiger partial charge in [-0.05, 0) is 27.2 Å². The monoisotopic (exact) mass is 231 g/mol. The van der Waals surface area contributed by atoms with Crippen molar-refractivity contribution in [3.8, 4) is 0 Å². The largest absolute Gasteiger partial charge is 0.466 e. The normalized spacial score (nSPS) is 13.6. The average molecular weight is 231 g/mol. The quantitative estimate of drug-likeness (QED) is 0.621. The summed E-state index contributed by atoms with van der Waals surface area (Å²) in [5.74, 6) is -0.343. The lowest BCUT2D eigenvalue weighted by Gasteiger charge is -2.27. The summed E-state index contributed by atoms with van der Waals surface area (Å²) >= 11 is 0. The number of carbonyl (C=O) groups is 1. The Bertz CT molecular complexity index is 204. The van der Waals surface area contributed by atoms with Crippen molar-refractivity contribution in [3.63, 3.8) is 0 Å². The molecule has 4 nitrogen and oxygen atoms in total. The van der Waals surface area contributed by atoms with E-state index < -0.39 is 6.10 Å². The number of aliphatic hydroxyl groups excluding tert-OH is 1. The molecule has 0 saturated carbocycles. The molecule has 0 radical (unpaired) electrons. The number of rotatable bonds is 8. The molecule has 0 spiro atoms. The van der Waals surface area contributed by atoms with Crippen LogP contribution in [0.2, 0.25) is 0 Å². The molecule has 0 aromatic heterocycles. The third-order valence-electron chi connectivity index (χ3n) is 2.40. The van der Waals surface area contributed by atoms with E-state index >= 15 is 0 Å². The van der Waals surface area contributed by atoms with E-state index in [2.05, 4.69) is 26.1 Å². The SMILES string of the molecule is CCCC(C)(C)NCC(O)CC(=O)OCC. The zero-order valence-electron chi connectivity index (χ0n) is 10.9. The molecule has 0 aromatic rings. The van der Waals surface area contributed by atoms with E-state index in [9.17, 15) is 9.90 Å². The fourth-order valence-corrected chi connectivity index (χ4v) is 1.59. The van der Waals surface area contributed by atoms with Gasteiger partial charge in [0.2, 0.25) is 0 Å². The van der Waals surface area contributed by atoms with Crippen LogP contribution in [0.15, 0.2) is 0 Å². The van der Waals surface area contributed by atoms with Crippen molar-refractivity contribution in [2.24, 2.45) is 0 Å². The third kappa shape index (κ3) is 7.65. The van der Waals surface area contributed by atoms with E-state index in [4.69, 9.17) is 4.74 Å². The maximum Gasteiger partial charge on any atom is 0.308 e. The number of β-amino-alcohol motifs (C(OH)–C–C–N with tert-alkyl or cyclic N) is 1. The molecule has 96 valence electrons. The highest BCUT2D eigenvalue weighted by atomic mass is 16.5. The van der Waals surface area contributed by atoms with Gasteiger partial charge >= 0.3 is 5.97 Å². The van der Waals surface area contributed by atoms with Gasteiger partial charge in [-0.1, -0.05) is 13.3 Å². The zero-order valence-corrected chi connectivity index (χ0v) is 10.9. The van der Waals surface area contributed by atoms with E-state index in [0.717, 1.165) is 12.8 Å². The predicted octanol–water partition coefficient (Wildman–Crippen LogP) is 1.47. The summed E-state index contributed by atoms with van der Waals surface area (Å²) < 4.78 is 4.77. The molecule has 16 heavy (non-hydrogen) atoms. The Labute approximate surface area is 98.4 Å². The first kappa shape index (κ1) is 15.4. The highest BCUT2D eigenvalue weighted by Gasteiger charge is 2.18. The van der Waals surface area contributed by atoms with E-state index in [1.807, 2.05) is 0 Å². The van der Waals surface area contributed by atoms with Crippen molar-refractivity contribution < 1.29 is 14.6 Å².